The number of hydrogen-bond acceptors (Lipinski definition) is 4. The predicted molar refractivity (Wildman–Crippen MR) is 102 cm³/mol. The lowest BCUT2D eigenvalue weighted by atomic mass is 10.0. The number of H-pyrrole nitrogens is 3. The molecular formula is C18H18N6O2. The van der Waals surface area contributed by atoms with Crippen LogP contribution in [0.2, 0.25) is 0 Å². The van der Waals surface area contributed by atoms with E-state index in [1.54, 1.807) is 49.9 Å². The molecule has 0 unspecified atom stereocenters. The van der Waals surface area contributed by atoms with Crippen LogP contribution in [0, 0.1) is 0 Å². The van der Waals surface area contributed by atoms with E-state index >= 15 is 0 Å². The summed E-state index contributed by atoms with van der Waals surface area (Å²) in [5.74, 6) is -0.288. The Morgan fingerprint density at radius 1 is 1.23 bits per heavy atom. The number of carbonyl (C=O) groups is 1. The zero-order valence-corrected chi connectivity index (χ0v) is 14.3. The molecule has 26 heavy (non-hydrogen) atoms. The Morgan fingerprint density at radius 3 is 2.77 bits per heavy atom. The van der Waals surface area contributed by atoms with E-state index in [4.69, 9.17) is 0 Å². The van der Waals surface area contributed by atoms with Gasteiger partial charge < -0.3 is 15.3 Å². The highest BCUT2D eigenvalue weighted by atomic mass is 16.1. The molecule has 0 aliphatic carbocycles. The van der Waals surface area contributed by atoms with E-state index in [9.17, 15) is 9.59 Å². The van der Waals surface area contributed by atoms with Crippen molar-refractivity contribution in [1.82, 2.24) is 20.2 Å². The van der Waals surface area contributed by atoms with Crippen LogP contribution < -0.4 is 11.0 Å². The molecule has 0 atom stereocenters. The SMILES string of the molecule is C\N=C/C(/C=C/C(=O)Nc1ccc2[nH]c(=O)[nH]c2c1)=C(\C)c1cn[nH]c1. The van der Waals surface area contributed by atoms with Crippen molar-refractivity contribution in [3.8, 4) is 0 Å². The molecule has 132 valence electrons. The molecule has 0 radical (unpaired) electrons. The Morgan fingerprint density at radius 2 is 2.04 bits per heavy atom. The monoisotopic (exact) mass is 350 g/mol. The second kappa shape index (κ2) is 7.47. The van der Waals surface area contributed by atoms with Crippen LogP contribution in [0.4, 0.5) is 5.69 Å². The van der Waals surface area contributed by atoms with E-state index in [2.05, 4.69) is 30.5 Å². The molecule has 0 fully saturated rings. The highest BCUT2D eigenvalue weighted by molar-refractivity contribution is 6.02. The van der Waals surface area contributed by atoms with E-state index in [1.807, 2.05) is 6.92 Å². The summed E-state index contributed by atoms with van der Waals surface area (Å²) in [6.07, 6.45) is 8.30. The maximum absolute atomic E-state index is 12.2. The number of carbonyl (C=O) groups excluding carboxylic acids is 1. The standard InChI is InChI=1S/C18H18N6O2/c1-11(13-9-20-21-10-13)12(8-19-2)3-6-17(25)22-14-4-5-15-16(7-14)24-18(26)23-15/h3-10H,1-2H3,(H,20,21)(H,22,25)(H2,23,24,26)/b6-3+,12-11+,19-8-. The van der Waals surface area contributed by atoms with Gasteiger partial charge in [-0.05, 0) is 42.3 Å². The highest BCUT2D eigenvalue weighted by Gasteiger charge is 2.04. The number of fused-ring (bicyclic) bond motifs is 1. The molecule has 2 heterocycles. The summed E-state index contributed by atoms with van der Waals surface area (Å²) >= 11 is 0. The number of allylic oxidation sites excluding steroid dienone is 3. The van der Waals surface area contributed by atoms with Crippen molar-refractivity contribution < 1.29 is 4.79 Å². The first-order valence-electron chi connectivity index (χ1n) is 7.90. The first-order valence-corrected chi connectivity index (χ1v) is 7.90. The van der Waals surface area contributed by atoms with E-state index in [1.165, 1.54) is 6.08 Å². The van der Waals surface area contributed by atoms with Gasteiger partial charge in [-0.3, -0.25) is 14.9 Å². The van der Waals surface area contributed by atoms with Gasteiger partial charge in [-0.2, -0.15) is 5.10 Å². The van der Waals surface area contributed by atoms with E-state index < -0.39 is 0 Å². The van der Waals surface area contributed by atoms with Crippen molar-refractivity contribution in [1.29, 1.82) is 0 Å². The summed E-state index contributed by atoms with van der Waals surface area (Å²) in [4.78, 5) is 32.8. The summed E-state index contributed by atoms with van der Waals surface area (Å²) in [5.41, 5.74) is 4.28. The van der Waals surface area contributed by atoms with Crippen LogP contribution in [0.25, 0.3) is 16.6 Å². The van der Waals surface area contributed by atoms with Crippen LogP contribution in [-0.4, -0.2) is 39.3 Å². The Balaban J connectivity index is 1.78. The minimum absolute atomic E-state index is 0.285. The van der Waals surface area contributed by atoms with Gasteiger partial charge in [-0.15, -0.1) is 0 Å². The fourth-order valence-corrected chi connectivity index (χ4v) is 2.49. The lowest BCUT2D eigenvalue weighted by molar-refractivity contribution is -0.111. The van der Waals surface area contributed by atoms with Gasteiger partial charge >= 0.3 is 5.69 Å². The zero-order chi connectivity index (χ0) is 18.5. The van der Waals surface area contributed by atoms with E-state index in [-0.39, 0.29) is 11.6 Å². The number of aromatic amines is 3. The summed E-state index contributed by atoms with van der Waals surface area (Å²) in [6, 6.07) is 5.14. The number of amides is 1. The third kappa shape index (κ3) is 3.86. The molecule has 0 spiro atoms. The summed E-state index contributed by atoms with van der Waals surface area (Å²) in [6.45, 7) is 1.93. The van der Waals surface area contributed by atoms with Gasteiger partial charge in [0.1, 0.15) is 0 Å². The molecule has 0 aliphatic heterocycles. The first kappa shape index (κ1) is 17.2. The Hall–Kier alpha value is -3.68. The van der Waals surface area contributed by atoms with E-state index in [0.29, 0.717) is 16.7 Å². The number of aromatic nitrogens is 4. The summed E-state index contributed by atoms with van der Waals surface area (Å²) in [7, 11) is 1.67. The van der Waals surface area contributed by atoms with Crippen LogP contribution in [0.1, 0.15) is 12.5 Å². The van der Waals surface area contributed by atoms with E-state index in [0.717, 1.165) is 16.7 Å². The number of aliphatic imine (C=N–C) groups is 1. The summed E-state index contributed by atoms with van der Waals surface area (Å²) in [5, 5.41) is 9.46. The van der Waals surface area contributed by atoms with Crippen molar-refractivity contribution in [2.45, 2.75) is 6.92 Å². The number of imidazole rings is 1. The lowest BCUT2D eigenvalue weighted by Gasteiger charge is -2.03. The average molecular weight is 350 g/mol. The molecular weight excluding hydrogens is 332 g/mol. The first-order chi connectivity index (χ1) is 12.6. The van der Waals surface area contributed by atoms with Crippen molar-refractivity contribution in [3.05, 3.63) is 64.4 Å². The number of nitrogens with zero attached hydrogens (tertiary/aromatic N) is 2. The maximum Gasteiger partial charge on any atom is 0.323 e. The molecule has 0 saturated heterocycles. The Kier molecular flexibility index (Phi) is 4.93. The van der Waals surface area contributed by atoms with Crippen molar-refractivity contribution in [2.24, 2.45) is 4.99 Å². The van der Waals surface area contributed by atoms with Gasteiger partial charge in [-0.1, -0.05) is 0 Å². The van der Waals surface area contributed by atoms with Gasteiger partial charge in [-0.25, -0.2) is 4.79 Å². The number of anilines is 1. The fourth-order valence-electron chi connectivity index (χ4n) is 2.49. The average Bonchev–Trinajstić information content (AvgIpc) is 3.26. The van der Waals surface area contributed by atoms with Crippen molar-refractivity contribution >= 4 is 34.4 Å². The second-order valence-electron chi connectivity index (χ2n) is 5.62. The molecule has 1 aromatic carbocycles. The molecule has 0 bridgehead atoms. The maximum atomic E-state index is 12.2. The van der Waals surface area contributed by atoms with Crippen molar-refractivity contribution in [3.63, 3.8) is 0 Å². The van der Waals surface area contributed by atoms with Crippen molar-refractivity contribution in [2.75, 3.05) is 12.4 Å². The molecule has 8 nitrogen and oxygen atoms in total. The molecule has 0 aliphatic rings. The molecule has 2 aromatic heterocycles. The highest BCUT2D eigenvalue weighted by Crippen LogP contribution is 2.17. The molecule has 3 rings (SSSR count). The van der Waals surface area contributed by atoms with Crippen LogP contribution in [-0.2, 0) is 4.79 Å². The molecule has 0 saturated carbocycles. The predicted octanol–water partition coefficient (Wildman–Crippen LogP) is 2.25. The Bertz CT molecular complexity index is 1070. The second-order valence-corrected chi connectivity index (χ2v) is 5.62. The minimum Gasteiger partial charge on any atom is -0.322 e. The number of hydrogen-bond donors (Lipinski definition) is 4. The third-order valence-electron chi connectivity index (χ3n) is 3.83. The fraction of sp³-hybridized carbons (Fsp3) is 0.111. The van der Waals surface area contributed by atoms with Crippen LogP contribution in [0.5, 0.6) is 0 Å². The van der Waals surface area contributed by atoms with Gasteiger partial charge in [0.15, 0.2) is 0 Å². The topological polar surface area (TPSA) is 119 Å². The number of benzene rings is 1. The smallest absolute Gasteiger partial charge is 0.322 e. The normalized spacial score (nSPS) is 12.8. The Labute approximate surface area is 148 Å². The third-order valence-corrected chi connectivity index (χ3v) is 3.83. The molecule has 8 heteroatoms. The van der Waals surface area contributed by atoms with Gasteiger partial charge in [0.05, 0.1) is 17.2 Å². The quantitative estimate of drug-likeness (QED) is 0.321. The van der Waals surface area contributed by atoms with Gasteiger partial charge in [0.25, 0.3) is 0 Å². The molecule has 3 aromatic rings. The molecule has 4 N–H and O–H groups in total. The molecule has 1 amide bonds. The van der Waals surface area contributed by atoms with Gasteiger partial charge in [0.2, 0.25) is 5.91 Å². The van der Waals surface area contributed by atoms with Crippen LogP contribution in [0.15, 0.2) is 58.1 Å². The van der Waals surface area contributed by atoms with Gasteiger partial charge in [0, 0.05) is 36.8 Å². The van der Waals surface area contributed by atoms with Crippen LogP contribution >= 0.6 is 0 Å². The number of rotatable bonds is 5. The zero-order valence-electron chi connectivity index (χ0n) is 14.3. The van der Waals surface area contributed by atoms with Crippen LogP contribution in [0.3, 0.4) is 0 Å². The summed E-state index contributed by atoms with van der Waals surface area (Å²) < 4.78 is 0. The minimum atomic E-state index is -0.288. The lowest BCUT2D eigenvalue weighted by Crippen LogP contribution is -2.08. The number of nitrogens with one attached hydrogen (secondary N) is 4. The largest absolute Gasteiger partial charge is 0.323 e.